The molecule has 2 aliphatic rings. The monoisotopic (exact) mass is 563 g/mol. The second-order valence-electron chi connectivity index (χ2n) is 8.30. The Bertz CT molecular complexity index is 1370. The molecule has 2 heterocycles. The number of hydrogen-bond acceptors (Lipinski definition) is 7. The van der Waals surface area contributed by atoms with Gasteiger partial charge >= 0.3 is 11.9 Å². The Morgan fingerprint density at radius 3 is 2.41 bits per heavy atom. The minimum absolute atomic E-state index is 0.123. The molecule has 1 amide bonds. The number of ether oxygens (including phenoxy) is 2. The van der Waals surface area contributed by atoms with E-state index in [4.69, 9.17) is 9.47 Å². The lowest BCUT2D eigenvalue weighted by Crippen LogP contribution is -2.51. The van der Waals surface area contributed by atoms with Crippen LogP contribution in [0.3, 0.4) is 0 Å². The van der Waals surface area contributed by atoms with Crippen molar-refractivity contribution >= 4 is 50.7 Å². The Morgan fingerprint density at radius 1 is 1.08 bits per heavy atom. The third-order valence-corrected chi connectivity index (χ3v) is 6.93. The zero-order valence-electron chi connectivity index (χ0n) is 20.9. The third-order valence-electron chi connectivity index (χ3n) is 6.40. The van der Waals surface area contributed by atoms with Crippen LogP contribution in [0.2, 0.25) is 0 Å². The van der Waals surface area contributed by atoms with Crippen LogP contribution in [-0.2, 0) is 19.1 Å². The van der Waals surface area contributed by atoms with Gasteiger partial charge in [-0.2, -0.15) is 0 Å². The number of anilines is 1. The largest absolute Gasteiger partial charge is 0.468 e. The van der Waals surface area contributed by atoms with E-state index in [0.29, 0.717) is 23.5 Å². The number of carbonyl (C=O) groups is 3. The molecule has 9 heteroatoms. The lowest BCUT2D eigenvalue weighted by molar-refractivity contribution is -0.144. The third kappa shape index (κ3) is 4.65. The van der Waals surface area contributed by atoms with Crippen LogP contribution >= 0.6 is 15.9 Å². The number of methoxy groups -OCH3 is 2. The molecule has 2 aromatic rings. The molecule has 0 spiro atoms. The average molecular weight is 564 g/mol. The van der Waals surface area contributed by atoms with E-state index in [-0.39, 0.29) is 18.2 Å². The molecule has 0 aliphatic carbocycles. The fourth-order valence-corrected chi connectivity index (χ4v) is 5.01. The van der Waals surface area contributed by atoms with E-state index in [1.54, 1.807) is 31.2 Å². The zero-order chi connectivity index (χ0) is 26.7. The van der Waals surface area contributed by atoms with Gasteiger partial charge in [0.1, 0.15) is 17.5 Å². The summed E-state index contributed by atoms with van der Waals surface area (Å²) in [6, 6.07) is 13.9. The summed E-state index contributed by atoms with van der Waals surface area (Å²) in [7, 11) is 2.50. The van der Waals surface area contributed by atoms with Crippen LogP contribution in [0.15, 0.2) is 63.8 Å². The maximum absolute atomic E-state index is 13.7. The number of benzene rings is 2. The van der Waals surface area contributed by atoms with Gasteiger partial charge in [-0.1, -0.05) is 40.0 Å². The van der Waals surface area contributed by atoms with Crippen LogP contribution in [0.4, 0.5) is 5.69 Å². The molecule has 2 atom stereocenters. The minimum Gasteiger partial charge on any atom is -0.468 e. The van der Waals surface area contributed by atoms with Crippen LogP contribution < -0.4 is 4.90 Å². The van der Waals surface area contributed by atoms with E-state index in [2.05, 4.69) is 32.8 Å². The first-order chi connectivity index (χ1) is 17.9. The van der Waals surface area contributed by atoms with Crippen molar-refractivity contribution in [2.24, 2.45) is 10.9 Å². The molecule has 2 unspecified atom stereocenters. The summed E-state index contributed by atoms with van der Waals surface area (Å²) < 4.78 is 11.0. The minimum atomic E-state index is -1.08. The molecule has 4 rings (SSSR count). The van der Waals surface area contributed by atoms with E-state index < -0.39 is 23.9 Å². The van der Waals surface area contributed by atoms with Gasteiger partial charge in [-0.25, -0.2) is 9.79 Å². The molecule has 190 valence electrons. The Kier molecular flexibility index (Phi) is 7.79. The molecule has 0 N–H and O–H groups in total. The second-order valence-corrected chi connectivity index (χ2v) is 9.22. The summed E-state index contributed by atoms with van der Waals surface area (Å²) in [6.07, 6.45) is 0. The normalized spacial score (nSPS) is 17.6. The van der Waals surface area contributed by atoms with Crippen LogP contribution in [0.1, 0.15) is 29.8 Å². The van der Waals surface area contributed by atoms with E-state index in [9.17, 15) is 14.4 Å². The quantitative estimate of drug-likeness (QED) is 0.391. The molecule has 8 nitrogen and oxygen atoms in total. The number of carbonyl (C=O) groups excluding carboxylic acids is 3. The van der Waals surface area contributed by atoms with Crippen molar-refractivity contribution in [3.63, 3.8) is 0 Å². The number of nitrogens with zero attached hydrogens (tertiary/aromatic N) is 3. The van der Waals surface area contributed by atoms with Gasteiger partial charge in [-0.3, -0.25) is 14.5 Å². The van der Waals surface area contributed by atoms with Crippen molar-refractivity contribution in [3.8, 4) is 11.8 Å². The predicted octanol–water partition coefficient (Wildman–Crippen LogP) is 3.91. The Hall–Kier alpha value is -3.90. The Labute approximate surface area is 224 Å². The van der Waals surface area contributed by atoms with E-state index in [1.165, 1.54) is 19.1 Å². The van der Waals surface area contributed by atoms with E-state index in [0.717, 1.165) is 15.7 Å². The van der Waals surface area contributed by atoms with Crippen LogP contribution in [0.5, 0.6) is 0 Å². The van der Waals surface area contributed by atoms with Gasteiger partial charge in [-0.05, 0) is 44.2 Å². The fourth-order valence-electron chi connectivity index (χ4n) is 4.75. The number of hydrogen-bond donors (Lipinski definition) is 0. The fraction of sp³-hybridized carbons (Fsp3) is 0.286. The van der Waals surface area contributed by atoms with Gasteiger partial charge in [0.05, 0.1) is 26.8 Å². The number of aliphatic imine (C=N–C) groups is 1. The number of esters is 2. The summed E-state index contributed by atoms with van der Waals surface area (Å²) in [6.45, 7) is 4.14. The summed E-state index contributed by atoms with van der Waals surface area (Å²) in [5.41, 5.74) is 2.63. The molecule has 37 heavy (non-hydrogen) atoms. The van der Waals surface area contributed by atoms with E-state index >= 15 is 0 Å². The lowest BCUT2D eigenvalue weighted by atomic mass is 9.84. The summed E-state index contributed by atoms with van der Waals surface area (Å²) in [4.78, 5) is 48.0. The molecule has 2 aromatic carbocycles. The molecule has 0 saturated carbocycles. The van der Waals surface area contributed by atoms with Crippen molar-refractivity contribution in [3.05, 3.63) is 70.0 Å². The molecule has 2 aliphatic heterocycles. The first-order valence-electron chi connectivity index (χ1n) is 11.7. The van der Waals surface area contributed by atoms with Crippen molar-refractivity contribution in [1.29, 1.82) is 0 Å². The van der Waals surface area contributed by atoms with Crippen molar-refractivity contribution in [1.82, 2.24) is 4.90 Å². The molecule has 0 bridgehead atoms. The molecular weight excluding hydrogens is 538 g/mol. The molecule has 0 aromatic heterocycles. The van der Waals surface area contributed by atoms with Gasteiger partial charge in [0, 0.05) is 33.4 Å². The van der Waals surface area contributed by atoms with Crippen molar-refractivity contribution in [2.45, 2.75) is 19.9 Å². The smallest absolute Gasteiger partial charge is 0.353 e. The first kappa shape index (κ1) is 26.2. The van der Waals surface area contributed by atoms with Gasteiger partial charge < -0.3 is 14.4 Å². The maximum Gasteiger partial charge on any atom is 0.353 e. The first-order valence-corrected chi connectivity index (χ1v) is 12.5. The molecule has 0 radical (unpaired) electrons. The average Bonchev–Trinajstić information content (AvgIpc) is 3.25. The van der Waals surface area contributed by atoms with Gasteiger partial charge in [0.2, 0.25) is 0 Å². The number of fused-ring (bicyclic) bond motifs is 3. The number of rotatable bonds is 6. The van der Waals surface area contributed by atoms with Gasteiger partial charge in [0.15, 0.2) is 0 Å². The van der Waals surface area contributed by atoms with Crippen molar-refractivity contribution in [2.75, 3.05) is 32.2 Å². The van der Waals surface area contributed by atoms with Gasteiger partial charge in [-0.15, -0.1) is 5.92 Å². The summed E-state index contributed by atoms with van der Waals surface area (Å²) in [5, 5.41) is 0. The highest BCUT2D eigenvalue weighted by Crippen LogP contribution is 2.48. The SMILES string of the molecule is CC#CCN1c2ccccc2C2=C(N(CC)C(=O)c3ccc(Br)cc3)N=C(C(=O)OC)C(C(=O)OC)C21. The van der Waals surface area contributed by atoms with Crippen LogP contribution in [0, 0.1) is 17.8 Å². The highest BCUT2D eigenvalue weighted by Gasteiger charge is 2.51. The lowest BCUT2D eigenvalue weighted by Gasteiger charge is -2.36. The number of halogens is 1. The summed E-state index contributed by atoms with van der Waals surface area (Å²) >= 11 is 3.40. The Morgan fingerprint density at radius 2 is 1.78 bits per heavy atom. The standard InChI is InChI=1S/C28H26BrN3O5/c1-5-7-16-32-20-11-9-8-10-19(20)21-24(32)22(27(34)36-3)23(28(35)37-4)30-25(21)31(6-2)26(33)17-12-14-18(29)15-13-17/h8-15,22,24H,6,16H2,1-4H3. The molecular formula is C28H26BrN3O5. The molecule has 0 fully saturated rings. The predicted molar refractivity (Wildman–Crippen MR) is 144 cm³/mol. The van der Waals surface area contributed by atoms with Gasteiger partial charge in [0.25, 0.3) is 5.91 Å². The van der Waals surface area contributed by atoms with Crippen molar-refractivity contribution < 1.29 is 23.9 Å². The van der Waals surface area contributed by atoms with E-state index in [1.807, 2.05) is 36.1 Å². The second kappa shape index (κ2) is 11.0. The molecule has 0 saturated heterocycles. The highest BCUT2D eigenvalue weighted by molar-refractivity contribution is 9.10. The maximum atomic E-state index is 13.7. The summed E-state index contributed by atoms with van der Waals surface area (Å²) in [5.74, 6) is 3.50. The number of para-hydroxylation sites is 1. The Balaban J connectivity index is 2.01. The highest BCUT2D eigenvalue weighted by atomic mass is 79.9. The van der Waals surface area contributed by atoms with Crippen LogP contribution in [-0.4, -0.2) is 61.8 Å². The topological polar surface area (TPSA) is 88.5 Å². The zero-order valence-corrected chi connectivity index (χ0v) is 22.5. The number of amides is 1. The van der Waals surface area contributed by atoms with Crippen LogP contribution in [0.25, 0.3) is 5.57 Å².